The van der Waals surface area contributed by atoms with Gasteiger partial charge in [-0.3, -0.25) is 0 Å². The Morgan fingerprint density at radius 3 is 2.77 bits per heavy atom. The van der Waals surface area contributed by atoms with Gasteiger partial charge in [0.1, 0.15) is 10.8 Å². The zero-order valence-corrected chi connectivity index (χ0v) is 16.9. The number of thiazole rings is 1. The molecule has 0 spiro atoms. The molecule has 2 amide bonds. The van der Waals surface area contributed by atoms with Crippen molar-refractivity contribution in [2.75, 3.05) is 13.7 Å². The Bertz CT molecular complexity index is 795. The van der Waals surface area contributed by atoms with Crippen molar-refractivity contribution >= 4 is 17.4 Å². The monoisotopic (exact) mass is 373 g/mol. The second-order valence-corrected chi connectivity index (χ2v) is 8.69. The summed E-state index contributed by atoms with van der Waals surface area (Å²) < 4.78 is 5.30. The maximum absolute atomic E-state index is 12.7. The van der Waals surface area contributed by atoms with E-state index in [1.54, 1.807) is 18.4 Å². The molecule has 1 aromatic heterocycles. The minimum atomic E-state index is -0.102. The van der Waals surface area contributed by atoms with Crippen LogP contribution in [0.15, 0.2) is 23.6 Å². The maximum atomic E-state index is 12.7. The van der Waals surface area contributed by atoms with E-state index in [0.717, 1.165) is 35.0 Å². The number of nitrogens with one attached hydrogen (secondary N) is 1. The number of benzene rings is 1. The van der Waals surface area contributed by atoms with Crippen LogP contribution >= 0.6 is 11.3 Å². The summed E-state index contributed by atoms with van der Waals surface area (Å²) in [7, 11) is 1.66. The van der Waals surface area contributed by atoms with Crippen LogP contribution in [0.3, 0.4) is 0 Å². The first-order valence-corrected chi connectivity index (χ1v) is 9.83. The highest BCUT2D eigenvalue weighted by Crippen LogP contribution is 2.27. The minimum absolute atomic E-state index is 0.0219. The van der Waals surface area contributed by atoms with Gasteiger partial charge >= 0.3 is 6.03 Å². The maximum Gasteiger partial charge on any atom is 0.318 e. The minimum Gasteiger partial charge on any atom is -0.497 e. The molecule has 1 aliphatic rings. The van der Waals surface area contributed by atoms with Crippen LogP contribution in [0, 0.1) is 0 Å². The van der Waals surface area contributed by atoms with E-state index in [1.807, 2.05) is 24.0 Å². The van der Waals surface area contributed by atoms with E-state index in [0.29, 0.717) is 6.54 Å². The third-order valence-corrected chi connectivity index (χ3v) is 5.74. The van der Waals surface area contributed by atoms with E-state index in [2.05, 4.69) is 37.5 Å². The molecule has 5 nitrogen and oxygen atoms in total. The van der Waals surface area contributed by atoms with Gasteiger partial charge in [0.2, 0.25) is 0 Å². The smallest absolute Gasteiger partial charge is 0.318 e. The summed E-state index contributed by atoms with van der Waals surface area (Å²) in [6.45, 7) is 9.76. The van der Waals surface area contributed by atoms with Gasteiger partial charge in [-0.2, -0.15) is 0 Å². The predicted molar refractivity (Wildman–Crippen MR) is 105 cm³/mol. The number of ether oxygens (including phenoxy) is 1. The number of carbonyl (C=O) groups excluding carboxylic acids is 1. The number of carbonyl (C=O) groups is 1. The van der Waals surface area contributed by atoms with Crippen LogP contribution in [-0.4, -0.2) is 29.6 Å². The number of amides is 2. The van der Waals surface area contributed by atoms with E-state index >= 15 is 0 Å². The molecule has 0 saturated carbocycles. The molecule has 6 heteroatoms. The highest BCUT2D eigenvalue weighted by molar-refractivity contribution is 7.09. The average molecular weight is 374 g/mol. The van der Waals surface area contributed by atoms with Crippen LogP contribution in [-0.2, 0) is 18.4 Å². The fraction of sp³-hybridized carbons (Fsp3) is 0.500. The van der Waals surface area contributed by atoms with E-state index in [1.165, 1.54) is 5.56 Å². The van der Waals surface area contributed by atoms with Crippen LogP contribution in [0.1, 0.15) is 55.6 Å². The fourth-order valence-electron chi connectivity index (χ4n) is 3.00. The Hall–Kier alpha value is -2.08. The molecule has 2 heterocycles. The Balaban J connectivity index is 1.65. The molecule has 0 aliphatic carbocycles. The second kappa shape index (κ2) is 7.27. The number of hydrogen-bond acceptors (Lipinski definition) is 4. The van der Waals surface area contributed by atoms with Crippen molar-refractivity contribution in [1.82, 2.24) is 15.2 Å². The van der Waals surface area contributed by atoms with Gasteiger partial charge in [-0.15, -0.1) is 11.3 Å². The Labute approximate surface area is 159 Å². The second-order valence-electron chi connectivity index (χ2n) is 7.80. The summed E-state index contributed by atoms with van der Waals surface area (Å²) in [6, 6.07) is 5.95. The Morgan fingerprint density at radius 2 is 2.12 bits per heavy atom. The highest BCUT2D eigenvalue weighted by atomic mass is 32.1. The molecule has 3 rings (SSSR count). The van der Waals surface area contributed by atoms with Crippen LogP contribution in [0.2, 0.25) is 0 Å². The first-order chi connectivity index (χ1) is 12.3. The summed E-state index contributed by atoms with van der Waals surface area (Å²) in [6.07, 6.45) is 0.868. The Kier molecular flexibility index (Phi) is 5.23. The number of methoxy groups -OCH3 is 1. The van der Waals surface area contributed by atoms with Crippen molar-refractivity contribution < 1.29 is 9.53 Å². The quantitative estimate of drug-likeness (QED) is 0.874. The molecule has 0 bridgehead atoms. The molecule has 1 N–H and O–H groups in total. The van der Waals surface area contributed by atoms with Gasteiger partial charge in [-0.25, -0.2) is 9.78 Å². The third kappa shape index (κ3) is 4.01. The summed E-state index contributed by atoms with van der Waals surface area (Å²) in [4.78, 5) is 19.3. The zero-order chi connectivity index (χ0) is 18.9. The molecule has 0 saturated heterocycles. The van der Waals surface area contributed by atoms with Crippen LogP contribution in [0.5, 0.6) is 5.75 Å². The van der Waals surface area contributed by atoms with E-state index in [9.17, 15) is 4.79 Å². The molecule has 26 heavy (non-hydrogen) atoms. The van der Waals surface area contributed by atoms with Gasteiger partial charge in [0.15, 0.2) is 0 Å². The number of fused-ring (bicyclic) bond motifs is 1. The molecule has 1 unspecified atom stereocenters. The fourth-order valence-corrected chi connectivity index (χ4v) is 4.06. The number of aromatic nitrogens is 1. The molecular formula is C20H27N3O2S. The molecule has 1 aliphatic heterocycles. The van der Waals surface area contributed by atoms with E-state index in [-0.39, 0.29) is 17.5 Å². The van der Waals surface area contributed by atoms with Crippen LogP contribution in [0.4, 0.5) is 4.79 Å². The number of rotatable bonds is 3. The number of hydrogen-bond donors (Lipinski definition) is 1. The molecule has 140 valence electrons. The summed E-state index contributed by atoms with van der Waals surface area (Å²) >= 11 is 1.61. The van der Waals surface area contributed by atoms with Crippen molar-refractivity contribution in [2.45, 2.75) is 52.1 Å². The van der Waals surface area contributed by atoms with Crippen molar-refractivity contribution in [3.63, 3.8) is 0 Å². The van der Waals surface area contributed by atoms with Crippen molar-refractivity contribution in [2.24, 2.45) is 0 Å². The average Bonchev–Trinajstić information content (AvgIpc) is 3.11. The standard InChI is InChI=1S/C20H27N3O2S/c1-13(18-22-17(12-26-18)20(2,3)4)21-19(24)23-9-8-14-6-7-16(25-5)10-15(14)11-23/h6-7,10,12-13H,8-9,11H2,1-5H3,(H,21,24). The van der Waals surface area contributed by atoms with Gasteiger partial charge in [-0.05, 0) is 36.6 Å². The molecule has 0 fully saturated rings. The van der Waals surface area contributed by atoms with Gasteiger partial charge in [0.05, 0.1) is 18.8 Å². The van der Waals surface area contributed by atoms with Crippen molar-refractivity contribution in [3.05, 3.63) is 45.4 Å². The highest BCUT2D eigenvalue weighted by Gasteiger charge is 2.24. The van der Waals surface area contributed by atoms with E-state index in [4.69, 9.17) is 9.72 Å². The van der Waals surface area contributed by atoms with Gasteiger partial charge in [0.25, 0.3) is 0 Å². The van der Waals surface area contributed by atoms with E-state index < -0.39 is 0 Å². The normalized spacial score (nSPS) is 15.3. The largest absolute Gasteiger partial charge is 0.497 e. The summed E-state index contributed by atoms with van der Waals surface area (Å²) in [5.41, 5.74) is 3.53. The molecule has 1 aromatic carbocycles. The molecule has 0 radical (unpaired) electrons. The van der Waals surface area contributed by atoms with Gasteiger partial charge < -0.3 is 15.0 Å². The summed E-state index contributed by atoms with van der Waals surface area (Å²) in [5.74, 6) is 0.830. The molecule has 1 atom stereocenters. The van der Waals surface area contributed by atoms with Crippen LogP contribution < -0.4 is 10.1 Å². The number of urea groups is 1. The topological polar surface area (TPSA) is 54.5 Å². The lowest BCUT2D eigenvalue weighted by Crippen LogP contribution is -2.43. The lowest BCUT2D eigenvalue weighted by molar-refractivity contribution is 0.189. The lowest BCUT2D eigenvalue weighted by Gasteiger charge is -2.30. The predicted octanol–water partition coefficient (Wildman–Crippen LogP) is 4.28. The van der Waals surface area contributed by atoms with Gasteiger partial charge in [-0.1, -0.05) is 26.8 Å². The van der Waals surface area contributed by atoms with Crippen molar-refractivity contribution in [1.29, 1.82) is 0 Å². The molecule has 2 aromatic rings. The third-order valence-electron chi connectivity index (χ3n) is 4.71. The first-order valence-electron chi connectivity index (χ1n) is 8.95. The zero-order valence-electron chi connectivity index (χ0n) is 16.1. The first kappa shape index (κ1) is 18.7. The SMILES string of the molecule is COc1ccc2c(c1)CN(C(=O)NC(C)c1nc(C(C)(C)C)cs1)CC2. The van der Waals surface area contributed by atoms with Crippen LogP contribution in [0.25, 0.3) is 0 Å². The number of nitrogens with zero attached hydrogens (tertiary/aromatic N) is 2. The summed E-state index contributed by atoms with van der Waals surface area (Å²) in [5, 5.41) is 6.13. The lowest BCUT2D eigenvalue weighted by atomic mass is 9.93. The van der Waals surface area contributed by atoms with Gasteiger partial charge in [0, 0.05) is 23.9 Å². The van der Waals surface area contributed by atoms with Crippen molar-refractivity contribution in [3.8, 4) is 5.75 Å². The molecular weight excluding hydrogens is 346 g/mol. The Morgan fingerprint density at radius 1 is 1.35 bits per heavy atom.